The molecule has 1 aromatic carbocycles. The van der Waals surface area contributed by atoms with Crippen LogP contribution in [0.2, 0.25) is 0 Å². The van der Waals surface area contributed by atoms with Crippen LogP contribution in [0.4, 0.5) is 0 Å². The van der Waals surface area contributed by atoms with Crippen molar-refractivity contribution in [2.45, 2.75) is 30.8 Å². The maximum absolute atomic E-state index is 11.9. The molecule has 0 radical (unpaired) electrons. The van der Waals surface area contributed by atoms with Crippen LogP contribution in [0.15, 0.2) is 35.2 Å². The molecule has 0 saturated carbocycles. The van der Waals surface area contributed by atoms with E-state index in [9.17, 15) is 9.46 Å². The van der Waals surface area contributed by atoms with Gasteiger partial charge >= 0.3 is 0 Å². The Kier molecular flexibility index (Phi) is 3.46. The van der Waals surface area contributed by atoms with Gasteiger partial charge in [0.15, 0.2) is 0 Å². The molecule has 14 heavy (non-hydrogen) atoms. The van der Waals surface area contributed by atoms with E-state index in [4.69, 9.17) is 0 Å². The number of hydrogen-bond donors (Lipinski definition) is 1. The summed E-state index contributed by atoms with van der Waals surface area (Å²) in [6, 6.07) is 9.32. The molecular formula is C10H15O2PS. The molecule has 0 aromatic heterocycles. The number of rotatable bonds is 2. The van der Waals surface area contributed by atoms with Gasteiger partial charge in [-0.2, -0.15) is 0 Å². The molecular weight excluding hydrogens is 215 g/mol. The van der Waals surface area contributed by atoms with Crippen molar-refractivity contribution in [3.8, 4) is 0 Å². The zero-order valence-corrected chi connectivity index (χ0v) is 10.3. The Morgan fingerprint density at radius 1 is 1.21 bits per heavy atom. The van der Waals surface area contributed by atoms with Gasteiger partial charge in [0, 0.05) is 10.1 Å². The molecule has 1 rings (SSSR count). The Bertz CT molecular complexity index is 343. The van der Waals surface area contributed by atoms with Gasteiger partial charge in [0.2, 0.25) is 0 Å². The van der Waals surface area contributed by atoms with Crippen LogP contribution in [-0.2, 0) is 4.57 Å². The summed E-state index contributed by atoms with van der Waals surface area (Å²) in [5.41, 5.74) is 0. The third kappa shape index (κ3) is 2.88. The fourth-order valence-electron chi connectivity index (χ4n) is 0.761. The summed E-state index contributed by atoms with van der Waals surface area (Å²) < 4.78 is 11.9. The van der Waals surface area contributed by atoms with Crippen LogP contribution in [-0.4, -0.2) is 10.0 Å². The van der Waals surface area contributed by atoms with Crippen LogP contribution in [0.1, 0.15) is 20.8 Å². The lowest BCUT2D eigenvalue weighted by molar-refractivity contribution is 0.466. The summed E-state index contributed by atoms with van der Waals surface area (Å²) in [6.45, 7) is 2.16. The predicted molar refractivity (Wildman–Crippen MR) is 61.9 cm³/mol. The van der Waals surface area contributed by atoms with E-state index in [1.807, 2.05) is 30.3 Å². The van der Waals surface area contributed by atoms with E-state index in [2.05, 4.69) is 0 Å². The van der Waals surface area contributed by atoms with Crippen LogP contribution in [0.3, 0.4) is 0 Å². The van der Waals surface area contributed by atoms with Gasteiger partial charge in [-0.1, -0.05) is 39.0 Å². The Balaban J connectivity index is 2.85. The highest BCUT2D eigenvalue weighted by atomic mass is 32.7. The summed E-state index contributed by atoms with van der Waals surface area (Å²) >= 11 is 1.06. The van der Waals surface area contributed by atoms with Gasteiger partial charge in [-0.3, -0.25) is 4.57 Å². The molecule has 0 amide bonds. The van der Waals surface area contributed by atoms with E-state index in [1.165, 1.54) is 0 Å². The summed E-state index contributed by atoms with van der Waals surface area (Å²) in [5.74, 6) is 0. The van der Waals surface area contributed by atoms with Crippen LogP contribution in [0.25, 0.3) is 0 Å². The second kappa shape index (κ2) is 4.09. The van der Waals surface area contributed by atoms with Gasteiger partial charge in [0.1, 0.15) is 0 Å². The third-order valence-electron chi connectivity index (χ3n) is 1.82. The van der Waals surface area contributed by atoms with E-state index in [1.54, 1.807) is 20.8 Å². The van der Waals surface area contributed by atoms with Crippen molar-refractivity contribution in [1.82, 2.24) is 0 Å². The van der Waals surface area contributed by atoms with Crippen molar-refractivity contribution in [2.24, 2.45) is 0 Å². The van der Waals surface area contributed by atoms with Crippen LogP contribution >= 0.6 is 18.0 Å². The van der Waals surface area contributed by atoms with Crippen molar-refractivity contribution in [1.29, 1.82) is 0 Å². The highest BCUT2D eigenvalue weighted by Gasteiger charge is 2.35. The average Bonchev–Trinajstić information content (AvgIpc) is 2.03. The Hall–Kier alpha value is -0.240. The van der Waals surface area contributed by atoms with Crippen LogP contribution in [0.5, 0.6) is 0 Å². The fraction of sp³-hybridized carbons (Fsp3) is 0.400. The lowest BCUT2D eigenvalue weighted by Gasteiger charge is -2.24. The molecule has 4 heteroatoms. The molecule has 1 N–H and O–H groups in total. The first-order valence-electron chi connectivity index (χ1n) is 4.40. The first kappa shape index (κ1) is 11.8. The number of hydrogen-bond acceptors (Lipinski definition) is 2. The van der Waals surface area contributed by atoms with E-state index < -0.39 is 11.7 Å². The molecule has 0 heterocycles. The minimum Gasteiger partial charge on any atom is -0.336 e. The normalized spacial score (nSPS) is 16.3. The van der Waals surface area contributed by atoms with E-state index in [0.717, 1.165) is 16.3 Å². The molecule has 0 saturated heterocycles. The Morgan fingerprint density at radius 3 is 2.14 bits per heavy atom. The van der Waals surface area contributed by atoms with Gasteiger partial charge in [-0.15, -0.1) is 0 Å². The van der Waals surface area contributed by atoms with Gasteiger partial charge in [0.05, 0.1) is 0 Å². The molecule has 1 unspecified atom stereocenters. The molecule has 0 spiro atoms. The monoisotopic (exact) mass is 230 g/mol. The van der Waals surface area contributed by atoms with Crippen molar-refractivity contribution < 1.29 is 9.46 Å². The van der Waals surface area contributed by atoms with Crippen molar-refractivity contribution in [3.63, 3.8) is 0 Å². The molecule has 1 atom stereocenters. The summed E-state index contributed by atoms with van der Waals surface area (Å²) in [4.78, 5) is 10.7. The zero-order valence-electron chi connectivity index (χ0n) is 8.60. The van der Waals surface area contributed by atoms with Crippen molar-refractivity contribution in [2.75, 3.05) is 0 Å². The lowest BCUT2D eigenvalue weighted by Crippen LogP contribution is -2.12. The summed E-state index contributed by atoms with van der Waals surface area (Å²) in [7, 11) is 0. The SMILES string of the molecule is CC(C)(C)P(=O)(O)Sc1ccccc1. The molecule has 0 aliphatic heterocycles. The molecule has 78 valence electrons. The maximum Gasteiger partial charge on any atom is 0.264 e. The maximum atomic E-state index is 11.9. The highest BCUT2D eigenvalue weighted by Crippen LogP contribution is 2.66. The summed E-state index contributed by atoms with van der Waals surface area (Å²) in [6.07, 6.45) is 0. The first-order valence-corrected chi connectivity index (χ1v) is 7.48. The van der Waals surface area contributed by atoms with Crippen molar-refractivity contribution in [3.05, 3.63) is 30.3 Å². The van der Waals surface area contributed by atoms with E-state index in [0.29, 0.717) is 0 Å². The minimum atomic E-state index is -3.18. The fourth-order valence-corrected chi connectivity index (χ4v) is 3.64. The first-order chi connectivity index (χ1) is 6.33. The Morgan fingerprint density at radius 2 is 1.71 bits per heavy atom. The van der Waals surface area contributed by atoms with E-state index in [-0.39, 0.29) is 0 Å². The second-order valence-electron chi connectivity index (χ2n) is 4.10. The molecule has 0 aliphatic carbocycles. The standard InChI is InChI=1S/C10H15O2PS/c1-10(2,3)13(11,12)14-9-7-5-4-6-8-9/h4-8H,1-3H3,(H,11,12). The average molecular weight is 230 g/mol. The van der Waals surface area contributed by atoms with Crippen molar-refractivity contribution >= 4 is 18.0 Å². The third-order valence-corrected chi connectivity index (χ3v) is 7.26. The Labute approximate surface area is 88.9 Å². The molecule has 0 aliphatic rings. The largest absolute Gasteiger partial charge is 0.336 e. The van der Waals surface area contributed by atoms with Crippen LogP contribution < -0.4 is 0 Å². The highest BCUT2D eigenvalue weighted by molar-refractivity contribution is 8.56. The molecule has 2 nitrogen and oxygen atoms in total. The molecule has 0 bridgehead atoms. The lowest BCUT2D eigenvalue weighted by atomic mass is 10.3. The smallest absolute Gasteiger partial charge is 0.264 e. The van der Waals surface area contributed by atoms with E-state index >= 15 is 0 Å². The van der Waals surface area contributed by atoms with Crippen LogP contribution in [0, 0.1) is 0 Å². The van der Waals surface area contributed by atoms with Gasteiger partial charge < -0.3 is 4.89 Å². The number of benzene rings is 1. The van der Waals surface area contributed by atoms with Gasteiger partial charge in [-0.05, 0) is 23.5 Å². The predicted octanol–water partition coefficient (Wildman–Crippen LogP) is 3.76. The molecule has 0 fully saturated rings. The van der Waals surface area contributed by atoms with Gasteiger partial charge in [-0.25, -0.2) is 0 Å². The summed E-state index contributed by atoms with van der Waals surface area (Å²) in [5, 5.41) is -0.576. The quantitative estimate of drug-likeness (QED) is 0.786. The second-order valence-corrected chi connectivity index (χ2v) is 9.16. The zero-order chi connectivity index (χ0) is 10.8. The minimum absolute atomic E-state index is 0.576. The molecule has 1 aromatic rings. The van der Waals surface area contributed by atoms with Gasteiger partial charge in [0.25, 0.3) is 6.57 Å². The topological polar surface area (TPSA) is 37.3 Å².